The summed E-state index contributed by atoms with van der Waals surface area (Å²) in [5, 5.41) is 7.68. The van der Waals surface area contributed by atoms with Crippen LogP contribution in [-0.4, -0.2) is 23.5 Å². The number of rotatable bonds is 7. The highest BCUT2D eigenvalue weighted by Crippen LogP contribution is 2.22. The van der Waals surface area contributed by atoms with Crippen LogP contribution >= 0.6 is 0 Å². The number of hydrogen-bond acceptors (Lipinski definition) is 4. The van der Waals surface area contributed by atoms with Crippen molar-refractivity contribution in [3.8, 4) is 0 Å². The van der Waals surface area contributed by atoms with E-state index in [-0.39, 0.29) is 6.04 Å². The molecule has 0 saturated carbocycles. The van der Waals surface area contributed by atoms with E-state index in [9.17, 15) is 0 Å². The minimum Gasteiger partial charge on any atom is -0.467 e. The van der Waals surface area contributed by atoms with E-state index in [1.54, 1.807) is 13.4 Å². The van der Waals surface area contributed by atoms with E-state index >= 15 is 0 Å². The number of hydrogen-bond donors (Lipinski definition) is 1. The first-order valence-electron chi connectivity index (χ1n) is 6.14. The van der Waals surface area contributed by atoms with E-state index in [1.807, 2.05) is 29.2 Å². The summed E-state index contributed by atoms with van der Waals surface area (Å²) >= 11 is 0. The van der Waals surface area contributed by atoms with E-state index < -0.39 is 0 Å². The third kappa shape index (κ3) is 3.13. The number of anilines is 1. The molecule has 0 radical (unpaired) electrons. The Hall–Kier alpha value is -1.75. The van der Waals surface area contributed by atoms with E-state index in [2.05, 4.69) is 17.3 Å². The summed E-state index contributed by atoms with van der Waals surface area (Å²) in [6.45, 7) is 3.54. The maximum atomic E-state index is 5.42. The van der Waals surface area contributed by atoms with E-state index in [0.29, 0.717) is 6.61 Å². The molecular formula is C13H19N3O2. The third-order valence-corrected chi connectivity index (χ3v) is 2.79. The second-order valence-corrected chi connectivity index (χ2v) is 4.11. The van der Waals surface area contributed by atoms with Gasteiger partial charge in [-0.2, -0.15) is 5.10 Å². The molecule has 0 fully saturated rings. The molecular weight excluding hydrogens is 230 g/mol. The molecule has 18 heavy (non-hydrogen) atoms. The van der Waals surface area contributed by atoms with Gasteiger partial charge in [0.05, 0.1) is 37.3 Å². The molecule has 5 heteroatoms. The van der Waals surface area contributed by atoms with Crippen molar-refractivity contribution in [3.63, 3.8) is 0 Å². The number of methoxy groups -OCH3 is 1. The molecule has 2 heterocycles. The lowest BCUT2D eigenvalue weighted by Crippen LogP contribution is -2.08. The molecule has 2 aromatic heterocycles. The zero-order valence-electron chi connectivity index (χ0n) is 10.8. The van der Waals surface area contributed by atoms with Crippen LogP contribution in [-0.2, 0) is 11.3 Å². The monoisotopic (exact) mass is 249 g/mol. The SMILES string of the molecule is CCC(Nc1cnn(CCOC)c1)c1ccco1. The van der Waals surface area contributed by atoms with Crippen molar-refractivity contribution in [2.24, 2.45) is 0 Å². The molecule has 2 rings (SSSR count). The van der Waals surface area contributed by atoms with Crippen molar-refractivity contribution in [1.29, 1.82) is 0 Å². The summed E-state index contributed by atoms with van der Waals surface area (Å²) in [6, 6.07) is 4.07. The van der Waals surface area contributed by atoms with Crippen LogP contribution < -0.4 is 5.32 Å². The maximum absolute atomic E-state index is 5.42. The fourth-order valence-corrected chi connectivity index (χ4v) is 1.81. The van der Waals surface area contributed by atoms with Crippen LogP contribution in [0.3, 0.4) is 0 Å². The van der Waals surface area contributed by atoms with Gasteiger partial charge in [0.1, 0.15) is 5.76 Å². The topological polar surface area (TPSA) is 52.2 Å². The molecule has 1 N–H and O–H groups in total. The summed E-state index contributed by atoms with van der Waals surface area (Å²) in [5.41, 5.74) is 0.995. The van der Waals surface area contributed by atoms with Gasteiger partial charge in [0.25, 0.3) is 0 Å². The summed E-state index contributed by atoms with van der Waals surface area (Å²) in [5.74, 6) is 0.946. The van der Waals surface area contributed by atoms with Gasteiger partial charge < -0.3 is 14.5 Å². The Bertz CT molecular complexity index is 451. The molecule has 0 aromatic carbocycles. The number of ether oxygens (including phenoxy) is 1. The molecule has 0 aliphatic carbocycles. The van der Waals surface area contributed by atoms with Crippen LogP contribution in [0.4, 0.5) is 5.69 Å². The van der Waals surface area contributed by atoms with Crippen LogP contribution in [0, 0.1) is 0 Å². The van der Waals surface area contributed by atoms with Gasteiger partial charge in [-0.1, -0.05) is 6.92 Å². The predicted octanol–water partition coefficient (Wildman–Crippen LogP) is 2.69. The molecule has 0 saturated heterocycles. The van der Waals surface area contributed by atoms with E-state index in [1.165, 1.54) is 0 Å². The summed E-state index contributed by atoms with van der Waals surface area (Å²) in [6.07, 6.45) is 6.45. The van der Waals surface area contributed by atoms with Gasteiger partial charge in [-0.25, -0.2) is 0 Å². The summed E-state index contributed by atoms with van der Waals surface area (Å²) in [4.78, 5) is 0. The van der Waals surface area contributed by atoms with Gasteiger partial charge in [-0.15, -0.1) is 0 Å². The lowest BCUT2D eigenvalue weighted by atomic mass is 10.1. The average Bonchev–Trinajstić information content (AvgIpc) is 3.04. The normalized spacial score (nSPS) is 12.6. The van der Waals surface area contributed by atoms with Crippen molar-refractivity contribution in [2.75, 3.05) is 19.0 Å². The number of furan rings is 1. The first-order valence-corrected chi connectivity index (χ1v) is 6.14. The first-order chi connectivity index (χ1) is 8.83. The van der Waals surface area contributed by atoms with Gasteiger partial charge in [-0.3, -0.25) is 4.68 Å². The fourth-order valence-electron chi connectivity index (χ4n) is 1.81. The zero-order valence-corrected chi connectivity index (χ0v) is 10.8. The second kappa shape index (κ2) is 6.26. The van der Waals surface area contributed by atoms with Crippen molar-refractivity contribution < 1.29 is 9.15 Å². The van der Waals surface area contributed by atoms with Crippen LogP contribution in [0.25, 0.3) is 0 Å². The molecule has 0 aliphatic rings. The third-order valence-electron chi connectivity index (χ3n) is 2.79. The van der Waals surface area contributed by atoms with Crippen molar-refractivity contribution >= 4 is 5.69 Å². The number of nitrogens with one attached hydrogen (secondary N) is 1. The van der Waals surface area contributed by atoms with Crippen LogP contribution in [0.5, 0.6) is 0 Å². The maximum Gasteiger partial charge on any atom is 0.125 e. The molecule has 5 nitrogen and oxygen atoms in total. The van der Waals surface area contributed by atoms with Crippen molar-refractivity contribution in [3.05, 3.63) is 36.5 Å². The second-order valence-electron chi connectivity index (χ2n) is 4.11. The smallest absolute Gasteiger partial charge is 0.125 e. The van der Waals surface area contributed by atoms with Crippen LogP contribution in [0.2, 0.25) is 0 Å². The lowest BCUT2D eigenvalue weighted by molar-refractivity contribution is 0.183. The van der Waals surface area contributed by atoms with Gasteiger partial charge in [0, 0.05) is 13.3 Å². The minimum atomic E-state index is 0.181. The molecule has 0 bridgehead atoms. The Morgan fingerprint density at radius 1 is 1.56 bits per heavy atom. The Balaban J connectivity index is 1.97. The van der Waals surface area contributed by atoms with E-state index in [0.717, 1.165) is 24.4 Å². The van der Waals surface area contributed by atoms with Gasteiger partial charge in [-0.05, 0) is 18.6 Å². The van der Waals surface area contributed by atoms with Crippen LogP contribution in [0.15, 0.2) is 35.2 Å². The highest BCUT2D eigenvalue weighted by Gasteiger charge is 2.12. The van der Waals surface area contributed by atoms with Crippen molar-refractivity contribution in [1.82, 2.24) is 9.78 Å². The molecule has 98 valence electrons. The zero-order chi connectivity index (χ0) is 12.8. The quantitative estimate of drug-likeness (QED) is 0.819. The molecule has 0 spiro atoms. The van der Waals surface area contributed by atoms with Crippen LogP contribution in [0.1, 0.15) is 25.1 Å². The van der Waals surface area contributed by atoms with Crippen molar-refractivity contribution in [2.45, 2.75) is 25.9 Å². The molecule has 0 amide bonds. The standard InChI is InChI=1S/C13H19N3O2/c1-3-12(13-5-4-7-18-13)15-11-9-14-16(10-11)6-8-17-2/h4-5,7,9-10,12,15H,3,6,8H2,1-2H3. The Morgan fingerprint density at radius 3 is 3.11 bits per heavy atom. The first kappa shape index (κ1) is 12.7. The molecule has 2 aromatic rings. The van der Waals surface area contributed by atoms with Gasteiger partial charge in [0.15, 0.2) is 0 Å². The highest BCUT2D eigenvalue weighted by atomic mass is 16.5. The Labute approximate surface area is 107 Å². The van der Waals surface area contributed by atoms with Gasteiger partial charge >= 0.3 is 0 Å². The molecule has 1 unspecified atom stereocenters. The predicted molar refractivity (Wildman–Crippen MR) is 69.5 cm³/mol. The largest absolute Gasteiger partial charge is 0.467 e. The Kier molecular flexibility index (Phi) is 4.41. The summed E-state index contributed by atoms with van der Waals surface area (Å²) < 4.78 is 12.3. The molecule has 0 aliphatic heterocycles. The minimum absolute atomic E-state index is 0.181. The highest BCUT2D eigenvalue weighted by molar-refractivity contribution is 5.40. The number of aromatic nitrogens is 2. The average molecular weight is 249 g/mol. The molecule has 1 atom stereocenters. The summed E-state index contributed by atoms with van der Waals surface area (Å²) in [7, 11) is 1.69. The lowest BCUT2D eigenvalue weighted by Gasteiger charge is -2.13. The Morgan fingerprint density at radius 2 is 2.44 bits per heavy atom. The fraction of sp³-hybridized carbons (Fsp3) is 0.462. The number of nitrogens with zero attached hydrogens (tertiary/aromatic N) is 2. The van der Waals surface area contributed by atoms with Gasteiger partial charge in [0.2, 0.25) is 0 Å². The van der Waals surface area contributed by atoms with E-state index in [4.69, 9.17) is 9.15 Å².